The van der Waals surface area contributed by atoms with Crippen molar-refractivity contribution in [2.45, 2.75) is 39.2 Å². The molecule has 2 rings (SSSR count). The predicted octanol–water partition coefficient (Wildman–Crippen LogP) is 2.06. The number of hydrogen-bond donors (Lipinski definition) is 1. The molecule has 0 amide bonds. The van der Waals surface area contributed by atoms with E-state index in [1.54, 1.807) is 6.20 Å². The molecule has 0 spiro atoms. The first-order chi connectivity index (χ1) is 9.00. The second-order valence-electron chi connectivity index (χ2n) is 5.57. The van der Waals surface area contributed by atoms with Crippen molar-refractivity contribution in [1.29, 1.82) is 0 Å². The predicted molar refractivity (Wildman–Crippen MR) is 72.8 cm³/mol. The molecule has 0 bridgehead atoms. The van der Waals surface area contributed by atoms with Crippen molar-refractivity contribution in [1.82, 2.24) is 14.7 Å². The van der Waals surface area contributed by atoms with Gasteiger partial charge < -0.3 is 5.11 Å². The van der Waals surface area contributed by atoms with Gasteiger partial charge in [-0.2, -0.15) is 5.10 Å². The highest BCUT2D eigenvalue weighted by Gasteiger charge is 2.42. The summed E-state index contributed by atoms with van der Waals surface area (Å²) in [6.07, 6.45) is 4.22. The zero-order valence-electron chi connectivity index (χ0n) is 12.0. The van der Waals surface area contributed by atoms with Crippen molar-refractivity contribution in [3.63, 3.8) is 0 Å². The molecule has 5 nitrogen and oxygen atoms in total. The third kappa shape index (κ3) is 2.52. The van der Waals surface area contributed by atoms with Crippen LogP contribution >= 0.6 is 0 Å². The van der Waals surface area contributed by atoms with Gasteiger partial charge >= 0.3 is 5.97 Å². The van der Waals surface area contributed by atoms with E-state index in [9.17, 15) is 9.90 Å². The minimum atomic E-state index is -0.656. The maximum absolute atomic E-state index is 11.6. The van der Waals surface area contributed by atoms with Crippen LogP contribution in [0.5, 0.6) is 0 Å². The molecule has 1 aromatic heterocycles. The van der Waals surface area contributed by atoms with E-state index in [0.29, 0.717) is 13.0 Å². The van der Waals surface area contributed by atoms with Crippen molar-refractivity contribution < 1.29 is 9.90 Å². The summed E-state index contributed by atoms with van der Waals surface area (Å²) in [6, 6.07) is 2.21. The van der Waals surface area contributed by atoms with E-state index in [1.807, 2.05) is 24.7 Å². The van der Waals surface area contributed by atoms with E-state index in [1.165, 1.54) is 0 Å². The monoisotopic (exact) mass is 265 g/mol. The second kappa shape index (κ2) is 5.33. The maximum atomic E-state index is 11.6. The SMILES string of the molecule is CCC1(C(=O)O)CCCN(C(C)c2ccnn2C)C1. The van der Waals surface area contributed by atoms with Gasteiger partial charge in [0.1, 0.15) is 0 Å². The van der Waals surface area contributed by atoms with Gasteiger partial charge in [-0.05, 0) is 38.8 Å². The van der Waals surface area contributed by atoms with Gasteiger partial charge in [-0.25, -0.2) is 0 Å². The van der Waals surface area contributed by atoms with E-state index < -0.39 is 11.4 Å². The summed E-state index contributed by atoms with van der Waals surface area (Å²) in [6.45, 7) is 5.70. The van der Waals surface area contributed by atoms with Crippen LogP contribution in [0, 0.1) is 5.41 Å². The number of aryl methyl sites for hydroxylation is 1. The molecule has 0 radical (unpaired) electrons. The lowest BCUT2D eigenvalue weighted by Crippen LogP contribution is -2.48. The topological polar surface area (TPSA) is 58.4 Å². The van der Waals surface area contributed by atoms with E-state index in [-0.39, 0.29) is 6.04 Å². The molecule has 2 atom stereocenters. The molecule has 0 aromatic carbocycles. The van der Waals surface area contributed by atoms with Crippen LogP contribution in [-0.4, -0.2) is 38.8 Å². The Morgan fingerprint density at radius 2 is 2.37 bits per heavy atom. The molecule has 1 aliphatic rings. The number of rotatable bonds is 4. The van der Waals surface area contributed by atoms with Crippen LogP contribution in [0.15, 0.2) is 12.3 Å². The van der Waals surface area contributed by atoms with Crippen LogP contribution in [0.3, 0.4) is 0 Å². The number of carboxylic acid groups (broad SMARTS) is 1. The van der Waals surface area contributed by atoms with Gasteiger partial charge in [0, 0.05) is 25.8 Å². The Kier molecular flexibility index (Phi) is 3.94. The van der Waals surface area contributed by atoms with Gasteiger partial charge in [-0.1, -0.05) is 6.92 Å². The number of likely N-dealkylation sites (tertiary alicyclic amines) is 1. The molecule has 1 aromatic rings. The highest BCUT2D eigenvalue weighted by Crippen LogP contribution is 2.36. The third-order valence-electron chi connectivity index (χ3n) is 4.57. The summed E-state index contributed by atoms with van der Waals surface area (Å²) in [4.78, 5) is 13.9. The lowest BCUT2D eigenvalue weighted by atomic mass is 9.77. The van der Waals surface area contributed by atoms with E-state index in [4.69, 9.17) is 0 Å². The smallest absolute Gasteiger partial charge is 0.310 e. The van der Waals surface area contributed by atoms with Crippen molar-refractivity contribution in [3.8, 4) is 0 Å². The number of piperidine rings is 1. The molecule has 2 heterocycles. The Labute approximate surface area is 114 Å². The lowest BCUT2D eigenvalue weighted by Gasteiger charge is -2.42. The highest BCUT2D eigenvalue weighted by molar-refractivity contribution is 5.75. The number of hydrogen-bond acceptors (Lipinski definition) is 3. The molecule has 1 aliphatic heterocycles. The standard InChI is InChI=1S/C14H23N3O2/c1-4-14(13(18)19)7-5-9-17(10-14)11(2)12-6-8-15-16(12)3/h6,8,11H,4-5,7,9-10H2,1-3H3,(H,18,19). The molecule has 5 heteroatoms. The first kappa shape index (κ1) is 14.1. The molecule has 1 fully saturated rings. The summed E-state index contributed by atoms with van der Waals surface area (Å²) in [5, 5.41) is 13.7. The summed E-state index contributed by atoms with van der Waals surface area (Å²) in [7, 11) is 1.93. The number of aromatic nitrogens is 2. The number of carboxylic acids is 1. The summed E-state index contributed by atoms with van der Waals surface area (Å²) >= 11 is 0. The molecule has 106 valence electrons. The van der Waals surface area contributed by atoms with Gasteiger partial charge in [0.05, 0.1) is 11.1 Å². The van der Waals surface area contributed by atoms with Crippen molar-refractivity contribution >= 4 is 5.97 Å². The number of aliphatic carboxylic acids is 1. The van der Waals surface area contributed by atoms with Crippen LogP contribution in [0.4, 0.5) is 0 Å². The average Bonchev–Trinajstić information content (AvgIpc) is 2.84. The van der Waals surface area contributed by atoms with Crippen LogP contribution < -0.4 is 0 Å². The van der Waals surface area contributed by atoms with Crippen LogP contribution in [0.1, 0.15) is 44.8 Å². The van der Waals surface area contributed by atoms with E-state index >= 15 is 0 Å². The summed E-state index contributed by atoms with van der Waals surface area (Å²) < 4.78 is 1.87. The molecule has 19 heavy (non-hydrogen) atoms. The van der Waals surface area contributed by atoms with Crippen LogP contribution in [0.2, 0.25) is 0 Å². The summed E-state index contributed by atoms with van der Waals surface area (Å²) in [5.74, 6) is -0.656. The Morgan fingerprint density at radius 1 is 1.63 bits per heavy atom. The van der Waals surface area contributed by atoms with Crippen LogP contribution in [0.25, 0.3) is 0 Å². The first-order valence-corrected chi connectivity index (χ1v) is 6.95. The lowest BCUT2D eigenvalue weighted by molar-refractivity contribution is -0.153. The Hall–Kier alpha value is -1.36. The average molecular weight is 265 g/mol. The molecule has 2 unspecified atom stereocenters. The number of carbonyl (C=O) groups is 1. The second-order valence-corrected chi connectivity index (χ2v) is 5.57. The highest BCUT2D eigenvalue weighted by atomic mass is 16.4. The Bertz CT molecular complexity index is 457. The fraction of sp³-hybridized carbons (Fsp3) is 0.714. The van der Waals surface area contributed by atoms with Crippen LogP contribution in [-0.2, 0) is 11.8 Å². The molecular formula is C14H23N3O2. The molecule has 0 saturated carbocycles. The normalized spacial score (nSPS) is 26.3. The molecule has 1 saturated heterocycles. The van der Waals surface area contributed by atoms with E-state index in [2.05, 4.69) is 16.9 Å². The minimum absolute atomic E-state index is 0.207. The zero-order chi connectivity index (χ0) is 14.0. The third-order valence-corrected chi connectivity index (χ3v) is 4.57. The van der Waals surface area contributed by atoms with Gasteiger partial charge in [-0.15, -0.1) is 0 Å². The van der Waals surface area contributed by atoms with Gasteiger partial charge in [-0.3, -0.25) is 14.4 Å². The van der Waals surface area contributed by atoms with Gasteiger partial charge in [0.2, 0.25) is 0 Å². The van der Waals surface area contributed by atoms with Crippen molar-refractivity contribution in [2.75, 3.05) is 13.1 Å². The summed E-state index contributed by atoms with van der Waals surface area (Å²) in [5.41, 5.74) is 0.558. The largest absolute Gasteiger partial charge is 0.481 e. The van der Waals surface area contributed by atoms with Gasteiger partial charge in [0.25, 0.3) is 0 Å². The first-order valence-electron chi connectivity index (χ1n) is 6.95. The molecular weight excluding hydrogens is 242 g/mol. The van der Waals surface area contributed by atoms with Crippen molar-refractivity contribution in [3.05, 3.63) is 18.0 Å². The van der Waals surface area contributed by atoms with Crippen molar-refractivity contribution in [2.24, 2.45) is 12.5 Å². The van der Waals surface area contributed by atoms with Gasteiger partial charge in [0.15, 0.2) is 0 Å². The fourth-order valence-electron chi connectivity index (χ4n) is 3.09. The molecule has 0 aliphatic carbocycles. The minimum Gasteiger partial charge on any atom is -0.481 e. The number of nitrogens with zero attached hydrogens (tertiary/aromatic N) is 3. The Morgan fingerprint density at radius 3 is 2.89 bits per heavy atom. The maximum Gasteiger partial charge on any atom is 0.310 e. The molecule has 1 N–H and O–H groups in total. The quantitative estimate of drug-likeness (QED) is 0.905. The zero-order valence-corrected chi connectivity index (χ0v) is 12.0. The Balaban J connectivity index is 2.17. The van der Waals surface area contributed by atoms with E-state index in [0.717, 1.165) is 25.1 Å². The fourth-order valence-corrected chi connectivity index (χ4v) is 3.09.